The number of anilines is 1. The number of rotatable bonds is 5. The van der Waals surface area contributed by atoms with E-state index in [1.54, 1.807) is 23.4 Å². The van der Waals surface area contributed by atoms with E-state index >= 15 is 0 Å². The van der Waals surface area contributed by atoms with E-state index in [0.29, 0.717) is 31.9 Å². The second-order valence-corrected chi connectivity index (χ2v) is 7.96. The molecule has 0 saturated carbocycles. The summed E-state index contributed by atoms with van der Waals surface area (Å²) in [5, 5.41) is 8.49. The Hall–Kier alpha value is -3.88. The van der Waals surface area contributed by atoms with Crippen molar-refractivity contribution in [1.82, 2.24) is 25.1 Å². The summed E-state index contributed by atoms with van der Waals surface area (Å²) in [6.45, 7) is 6.55. The first-order chi connectivity index (χ1) is 15.6. The van der Waals surface area contributed by atoms with Crippen molar-refractivity contribution in [3.05, 3.63) is 54.7 Å². The third-order valence-electron chi connectivity index (χ3n) is 5.42. The van der Waals surface area contributed by atoms with Crippen molar-refractivity contribution in [3.8, 4) is 17.1 Å². The maximum Gasteiger partial charge on any atom is 0.289 e. The summed E-state index contributed by atoms with van der Waals surface area (Å²) < 4.78 is 11.1. The number of fused-ring (bicyclic) bond motifs is 1. The van der Waals surface area contributed by atoms with Gasteiger partial charge in [0.2, 0.25) is 0 Å². The van der Waals surface area contributed by atoms with Crippen molar-refractivity contribution < 1.29 is 13.9 Å². The minimum atomic E-state index is -0.0829. The van der Waals surface area contributed by atoms with Crippen LogP contribution in [-0.4, -0.2) is 63.3 Å². The van der Waals surface area contributed by atoms with Crippen LogP contribution in [0.1, 0.15) is 24.4 Å². The molecule has 4 aromatic rings. The molecule has 0 atom stereocenters. The zero-order valence-electron chi connectivity index (χ0n) is 18.0. The number of nitrogens with one attached hydrogen (secondary N) is 1. The van der Waals surface area contributed by atoms with E-state index in [1.807, 2.05) is 38.1 Å². The monoisotopic (exact) mass is 432 g/mol. The van der Waals surface area contributed by atoms with Gasteiger partial charge in [-0.1, -0.05) is 0 Å². The van der Waals surface area contributed by atoms with Crippen LogP contribution in [0.15, 0.2) is 53.4 Å². The van der Waals surface area contributed by atoms with Gasteiger partial charge in [0.25, 0.3) is 5.91 Å². The summed E-state index contributed by atoms with van der Waals surface area (Å²) in [5.74, 6) is 1.89. The average Bonchev–Trinajstić information content (AvgIpc) is 3.49. The SMILES string of the molecule is CC(C)Oc1ccc2[nH]nc(-c3cc(N4CCN(C(=O)c5ccco5)CC4)ncn3)c2c1. The molecular weight excluding hydrogens is 408 g/mol. The highest BCUT2D eigenvalue weighted by Crippen LogP contribution is 2.30. The summed E-state index contributed by atoms with van der Waals surface area (Å²) in [6, 6.07) is 11.2. The van der Waals surface area contributed by atoms with Crippen LogP contribution in [0.2, 0.25) is 0 Å². The Morgan fingerprint density at radius 1 is 1.12 bits per heavy atom. The lowest BCUT2D eigenvalue weighted by Crippen LogP contribution is -2.49. The highest BCUT2D eigenvalue weighted by Gasteiger charge is 2.25. The van der Waals surface area contributed by atoms with Crippen molar-refractivity contribution >= 4 is 22.6 Å². The number of furan rings is 1. The molecular formula is C23H24N6O3. The molecule has 1 amide bonds. The van der Waals surface area contributed by atoms with Gasteiger partial charge in [-0.05, 0) is 44.2 Å². The van der Waals surface area contributed by atoms with Gasteiger partial charge in [0.1, 0.15) is 23.6 Å². The van der Waals surface area contributed by atoms with Crippen molar-refractivity contribution in [2.24, 2.45) is 0 Å². The summed E-state index contributed by atoms with van der Waals surface area (Å²) in [4.78, 5) is 25.4. The molecule has 9 nitrogen and oxygen atoms in total. The van der Waals surface area contributed by atoms with E-state index in [0.717, 1.165) is 33.9 Å². The quantitative estimate of drug-likeness (QED) is 0.516. The Labute approximate surface area is 185 Å². The Morgan fingerprint density at radius 2 is 1.97 bits per heavy atom. The van der Waals surface area contributed by atoms with Crippen LogP contribution in [0, 0.1) is 0 Å². The standard InChI is InChI=1S/C23H24N6O3/c1-15(2)32-16-5-6-18-17(12-16)22(27-26-18)19-13-21(25-14-24-19)28-7-9-29(10-8-28)23(30)20-4-3-11-31-20/h3-6,11-15H,7-10H2,1-2H3,(H,26,27). The normalized spacial score (nSPS) is 14.3. The summed E-state index contributed by atoms with van der Waals surface area (Å²) in [7, 11) is 0. The number of carbonyl (C=O) groups excluding carboxylic acids is 1. The highest BCUT2D eigenvalue weighted by atomic mass is 16.5. The molecule has 5 rings (SSSR count). The van der Waals surface area contributed by atoms with Gasteiger partial charge in [0, 0.05) is 37.6 Å². The highest BCUT2D eigenvalue weighted by molar-refractivity contribution is 5.93. The lowest BCUT2D eigenvalue weighted by atomic mass is 10.1. The molecule has 0 unspecified atom stereocenters. The fourth-order valence-electron chi connectivity index (χ4n) is 3.88. The first-order valence-corrected chi connectivity index (χ1v) is 10.6. The number of ether oxygens (including phenoxy) is 1. The largest absolute Gasteiger partial charge is 0.491 e. The lowest BCUT2D eigenvalue weighted by Gasteiger charge is -2.35. The van der Waals surface area contributed by atoms with Crippen LogP contribution in [0.4, 0.5) is 5.82 Å². The second kappa shape index (κ2) is 8.33. The molecule has 1 aromatic carbocycles. The number of aromatic nitrogens is 4. The predicted octanol–water partition coefficient (Wildman–Crippen LogP) is 3.36. The van der Waals surface area contributed by atoms with Crippen molar-refractivity contribution in [2.45, 2.75) is 20.0 Å². The Balaban J connectivity index is 1.35. The number of hydrogen-bond acceptors (Lipinski definition) is 7. The van der Waals surface area contributed by atoms with Gasteiger partial charge in [-0.25, -0.2) is 9.97 Å². The van der Waals surface area contributed by atoms with Crippen molar-refractivity contribution in [3.63, 3.8) is 0 Å². The van der Waals surface area contributed by atoms with E-state index in [9.17, 15) is 4.79 Å². The zero-order chi connectivity index (χ0) is 22.1. The van der Waals surface area contributed by atoms with Crippen LogP contribution < -0.4 is 9.64 Å². The minimum Gasteiger partial charge on any atom is -0.491 e. The number of aromatic amines is 1. The maximum atomic E-state index is 12.5. The Morgan fingerprint density at radius 3 is 2.72 bits per heavy atom. The van der Waals surface area contributed by atoms with E-state index in [-0.39, 0.29) is 12.0 Å². The molecule has 164 valence electrons. The average molecular weight is 432 g/mol. The predicted molar refractivity (Wildman–Crippen MR) is 120 cm³/mol. The number of benzene rings is 1. The van der Waals surface area contributed by atoms with E-state index in [2.05, 4.69) is 25.1 Å². The fraction of sp³-hybridized carbons (Fsp3) is 0.304. The van der Waals surface area contributed by atoms with Crippen molar-refractivity contribution in [1.29, 1.82) is 0 Å². The molecule has 32 heavy (non-hydrogen) atoms. The number of H-pyrrole nitrogens is 1. The maximum absolute atomic E-state index is 12.5. The number of piperazine rings is 1. The minimum absolute atomic E-state index is 0.0829. The Bertz CT molecular complexity index is 1230. The molecule has 9 heteroatoms. The molecule has 1 saturated heterocycles. The molecule has 0 aliphatic carbocycles. The van der Waals surface area contributed by atoms with Gasteiger partial charge in [-0.3, -0.25) is 9.89 Å². The molecule has 1 aliphatic heterocycles. The molecule has 0 spiro atoms. The fourth-order valence-corrected chi connectivity index (χ4v) is 3.88. The molecule has 1 N–H and O–H groups in total. The van der Waals surface area contributed by atoms with Crippen LogP contribution in [-0.2, 0) is 0 Å². The van der Waals surface area contributed by atoms with Gasteiger partial charge in [0.15, 0.2) is 5.76 Å². The van der Waals surface area contributed by atoms with Crippen LogP contribution in [0.25, 0.3) is 22.3 Å². The number of amides is 1. The number of carbonyl (C=O) groups is 1. The second-order valence-electron chi connectivity index (χ2n) is 7.96. The first-order valence-electron chi connectivity index (χ1n) is 10.6. The summed E-state index contributed by atoms with van der Waals surface area (Å²) in [6.07, 6.45) is 3.16. The molecule has 0 bridgehead atoms. The smallest absolute Gasteiger partial charge is 0.289 e. The topological polar surface area (TPSA) is 100 Å². The summed E-state index contributed by atoms with van der Waals surface area (Å²) in [5.41, 5.74) is 2.41. The number of hydrogen-bond donors (Lipinski definition) is 1. The van der Waals surface area contributed by atoms with E-state index in [1.165, 1.54) is 6.26 Å². The van der Waals surface area contributed by atoms with Gasteiger partial charge in [-0.15, -0.1) is 0 Å². The van der Waals surface area contributed by atoms with Crippen LogP contribution in [0.5, 0.6) is 5.75 Å². The Kier molecular flexibility index (Phi) is 5.22. The van der Waals surface area contributed by atoms with E-state index in [4.69, 9.17) is 9.15 Å². The van der Waals surface area contributed by atoms with Crippen LogP contribution in [0.3, 0.4) is 0 Å². The number of nitrogens with zero attached hydrogens (tertiary/aromatic N) is 5. The first kappa shape index (κ1) is 20.0. The van der Waals surface area contributed by atoms with Gasteiger partial charge < -0.3 is 19.0 Å². The third kappa shape index (κ3) is 3.89. The zero-order valence-corrected chi connectivity index (χ0v) is 18.0. The van der Waals surface area contributed by atoms with Crippen molar-refractivity contribution in [2.75, 3.05) is 31.1 Å². The molecule has 3 aromatic heterocycles. The third-order valence-corrected chi connectivity index (χ3v) is 5.42. The molecule has 4 heterocycles. The van der Waals surface area contributed by atoms with Gasteiger partial charge >= 0.3 is 0 Å². The molecule has 0 radical (unpaired) electrons. The lowest BCUT2D eigenvalue weighted by molar-refractivity contribution is 0.0714. The van der Waals surface area contributed by atoms with E-state index < -0.39 is 0 Å². The van der Waals surface area contributed by atoms with Gasteiger partial charge in [0.05, 0.1) is 23.6 Å². The van der Waals surface area contributed by atoms with Gasteiger partial charge in [-0.2, -0.15) is 5.10 Å². The van der Waals surface area contributed by atoms with Crippen LogP contribution >= 0.6 is 0 Å². The molecule has 1 aliphatic rings. The molecule has 1 fully saturated rings. The summed E-state index contributed by atoms with van der Waals surface area (Å²) >= 11 is 0.